The smallest absolute Gasteiger partial charge is 0.110 e. The molecule has 0 atom stereocenters. The molecule has 0 N–H and O–H groups in total. The number of unbranched alkanes of at least 4 members (excludes halogenated alkanes) is 1. The van der Waals surface area contributed by atoms with Gasteiger partial charge in [-0.05, 0) is 62.0 Å². The normalized spacial score (nSPS) is 14.3. The maximum Gasteiger partial charge on any atom is 0.110 e. The summed E-state index contributed by atoms with van der Waals surface area (Å²) in [5.74, 6) is 3.30. The number of thioether (sulfide) groups is 1. The van der Waals surface area contributed by atoms with Gasteiger partial charge < -0.3 is 4.57 Å². The van der Waals surface area contributed by atoms with Crippen LogP contribution in [0.4, 0.5) is 0 Å². The predicted octanol–water partition coefficient (Wildman–Crippen LogP) is 5.26. The van der Waals surface area contributed by atoms with Crippen LogP contribution in [0.15, 0.2) is 47.6 Å². The van der Waals surface area contributed by atoms with Crippen LogP contribution in [-0.4, -0.2) is 20.3 Å². The van der Waals surface area contributed by atoms with Crippen molar-refractivity contribution in [1.29, 1.82) is 0 Å². The van der Waals surface area contributed by atoms with Crippen LogP contribution in [0.2, 0.25) is 0 Å². The second-order valence-corrected chi connectivity index (χ2v) is 8.19. The van der Waals surface area contributed by atoms with E-state index < -0.39 is 0 Å². The van der Waals surface area contributed by atoms with E-state index in [9.17, 15) is 0 Å². The topological polar surface area (TPSA) is 30.7 Å². The second kappa shape index (κ2) is 7.61. The van der Waals surface area contributed by atoms with Crippen molar-refractivity contribution in [3.05, 3.63) is 54.1 Å². The number of aromatic nitrogens is 3. The van der Waals surface area contributed by atoms with Gasteiger partial charge in [0.15, 0.2) is 0 Å². The number of aryl methyl sites for hydroxylation is 2. The molecule has 0 spiro atoms. The average Bonchev–Trinajstić information content (AvgIpc) is 3.37. The van der Waals surface area contributed by atoms with E-state index in [0.29, 0.717) is 0 Å². The first kappa shape index (κ1) is 16.6. The highest BCUT2D eigenvalue weighted by atomic mass is 32.2. The Kier molecular flexibility index (Phi) is 5.07. The molecule has 3 aromatic rings. The minimum atomic E-state index is 0.859. The Morgan fingerprint density at radius 1 is 1.12 bits per heavy atom. The fraction of sp³-hybridized carbons (Fsp3) is 0.429. The average molecular weight is 352 g/mol. The SMILES string of the molecule is Cc1cncc2nc(CC3CC3)n(CCCCSc3ccccc3)c12. The maximum atomic E-state index is 4.90. The summed E-state index contributed by atoms with van der Waals surface area (Å²) in [6, 6.07) is 10.7. The molecule has 0 aliphatic heterocycles. The highest BCUT2D eigenvalue weighted by Crippen LogP contribution is 2.33. The third-order valence-corrected chi connectivity index (χ3v) is 5.97. The molecule has 0 unspecified atom stereocenters. The largest absolute Gasteiger partial charge is 0.328 e. The summed E-state index contributed by atoms with van der Waals surface area (Å²) in [6.07, 6.45) is 10.2. The zero-order chi connectivity index (χ0) is 17.1. The molecule has 1 aromatic carbocycles. The van der Waals surface area contributed by atoms with Crippen molar-refractivity contribution in [2.24, 2.45) is 5.92 Å². The van der Waals surface area contributed by atoms with Crippen molar-refractivity contribution in [3.63, 3.8) is 0 Å². The lowest BCUT2D eigenvalue weighted by atomic mass is 10.2. The third kappa shape index (κ3) is 4.06. The van der Waals surface area contributed by atoms with Crippen LogP contribution in [0.25, 0.3) is 11.0 Å². The van der Waals surface area contributed by atoms with Crippen molar-refractivity contribution < 1.29 is 0 Å². The van der Waals surface area contributed by atoms with E-state index in [1.54, 1.807) is 0 Å². The molecule has 130 valence electrons. The van der Waals surface area contributed by atoms with Gasteiger partial charge in [-0.15, -0.1) is 11.8 Å². The predicted molar refractivity (Wildman–Crippen MR) is 105 cm³/mol. The number of rotatable bonds is 8. The first-order chi connectivity index (χ1) is 12.3. The molecule has 4 heteroatoms. The van der Waals surface area contributed by atoms with Gasteiger partial charge in [-0.3, -0.25) is 4.98 Å². The first-order valence-corrected chi connectivity index (χ1v) is 10.3. The quantitative estimate of drug-likeness (QED) is 0.409. The van der Waals surface area contributed by atoms with Gasteiger partial charge in [-0.25, -0.2) is 4.98 Å². The molecular weight excluding hydrogens is 326 g/mol. The Bertz CT molecular complexity index is 837. The molecule has 1 aliphatic carbocycles. The Balaban J connectivity index is 1.41. The summed E-state index contributed by atoms with van der Waals surface area (Å²) < 4.78 is 2.47. The second-order valence-electron chi connectivity index (χ2n) is 7.02. The Morgan fingerprint density at radius 3 is 2.76 bits per heavy atom. The molecule has 2 heterocycles. The minimum Gasteiger partial charge on any atom is -0.328 e. The van der Waals surface area contributed by atoms with Crippen molar-refractivity contribution >= 4 is 22.8 Å². The zero-order valence-corrected chi connectivity index (χ0v) is 15.6. The van der Waals surface area contributed by atoms with Crippen LogP contribution in [0.3, 0.4) is 0 Å². The number of benzene rings is 1. The Labute approximate surface area is 153 Å². The highest BCUT2D eigenvalue weighted by molar-refractivity contribution is 7.99. The molecule has 2 aromatic heterocycles. The van der Waals surface area contributed by atoms with Crippen molar-refractivity contribution in [3.8, 4) is 0 Å². The molecule has 3 nitrogen and oxygen atoms in total. The van der Waals surface area contributed by atoms with E-state index in [4.69, 9.17) is 4.98 Å². The zero-order valence-electron chi connectivity index (χ0n) is 14.8. The Hall–Kier alpha value is -1.81. The lowest BCUT2D eigenvalue weighted by Crippen LogP contribution is -2.06. The van der Waals surface area contributed by atoms with Gasteiger partial charge >= 0.3 is 0 Å². The third-order valence-electron chi connectivity index (χ3n) is 4.87. The molecular formula is C21H25N3S. The van der Waals surface area contributed by atoms with Gasteiger partial charge in [-0.2, -0.15) is 0 Å². The summed E-state index contributed by atoms with van der Waals surface area (Å²) in [5.41, 5.74) is 3.60. The van der Waals surface area contributed by atoms with Crippen LogP contribution in [0, 0.1) is 12.8 Å². The lowest BCUT2D eigenvalue weighted by Gasteiger charge is -2.10. The molecule has 0 amide bonds. The molecule has 25 heavy (non-hydrogen) atoms. The molecule has 0 radical (unpaired) electrons. The number of hydrogen-bond donors (Lipinski definition) is 0. The van der Waals surface area contributed by atoms with Gasteiger partial charge in [0, 0.05) is 24.1 Å². The number of fused-ring (bicyclic) bond motifs is 1. The minimum absolute atomic E-state index is 0.859. The van der Waals surface area contributed by atoms with Gasteiger partial charge in [0.1, 0.15) is 11.3 Å². The van der Waals surface area contributed by atoms with E-state index in [1.807, 2.05) is 24.2 Å². The Morgan fingerprint density at radius 2 is 1.96 bits per heavy atom. The molecule has 1 fully saturated rings. The standard InChI is InChI=1S/C21H25N3S/c1-16-14-22-15-19-21(16)24(20(23-19)13-17-9-10-17)11-5-6-12-25-18-7-3-2-4-8-18/h2-4,7-8,14-15,17H,5-6,9-13H2,1H3. The van der Waals surface area contributed by atoms with Gasteiger partial charge in [0.25, 0.3) is 0 Å². The fourth-order valence-corrected chi connectivity index (χ4v) is 4.29. The summed E-state index contributed by atoms with van der Waals surface area (Å²) >= 11 is 1.95. The van der Waals surface area contributed by atoms with Crippen LogP contribution in [0.1, 0.15) is 37.1 Å². The van der Waals surface area contributed by atoms with Gasteiger partial charge in [0.05, 0.1) is 11.7 Å². The number of nitrogens with zero attached hydrogens (tertiary/aromatic N) is 3. The summed E-state index contributed by atoms with van der Waals surface area (Å²) in [5, 5.41) is 0. The number of pyridine rings is 1. The van der Waals surface area contributed by atoms with E-state index in [-0.39, 0.29) is 0 Å². The molecule has 1 saturated carbocycles. The first-order valence-electron chi connectivity index (χ1n) is 9.29. The summed E-state index contributed by atoms with van der Waals surface area (Å²) in [4.78, 5) is 10.6. The number of imidazole rings is 1. The van der Waals surface area contributed by atoms with E-state index in [2.05, 4.69) is 46.8 Å². The summed E-state index contributed by atoms with van der Waals surface area (Å²) in [6.45, 7) is 3.22. The van der Waals surface area contributed by atoms with E-state index in [0.717, 1.165) is 24.4 Å². The van der Waals surface area contributed by atoms with Gasteiger partial charge in [0.2, 0.25) is 0 Å². The van der Waals surface area contributed by atoms with E-state index >= 15 is 0 Å². The summed E-state index contributed by atoms with van der Waals surface area (Å²) in [7, 11) is 0. The van der Waals surface area contributed by atoms with Crippen LogP contribution in [-0.2, 0) is 13.0 Å². The van der Waals surface area contributed by atoms with Crippen LogP contribution >= 0.6 is 11.8 Å². The molecule has 4 rings (SSSR count). The lowest BCUT2D eigenvalue weighted by molar-refractivity contribution is 0.604. The highest BCUT2D eigenvalue weighted by Gasteiger charge is 2.25. The van der Waals surface area contributed by atoms with Gasteiger partial charge in [-0.1, -0.05) is 18.2 Å². The van der Waals surface area contributed by atoms with Crippen molar-refractivity contribution in [2.45, 2.75) is 50.5 Å². The molecule has 0 saturated heterocycles. The van der Waals surface area contributed by atoms with Crippen molar-refractivity contribution in [1.82, 2.24) is 14.5 Å². The van der Waals surface area contributed by atoms with E-state index in [1.165, 1.54) is 53.2 Å². The molecule has 0 bridgehead atoms. The fourth-order valence-electron chi connectivity index (χ4n) is 3.36. The maximum absolute atomic E-state index is 4.90. The monoisotopic (exact) mass is 351 g/mol. The number of hydrogen-bond acceptors (Lipinski definition) is 3. The molecule has 1 aliphatic rings. The van der Waals surface area contributed by atoms with Crippen LogP contribution in [0.5, 0.6) is 0 Å². The van der Waals surface area contributed by atoms with Crippen molar-refractivity contribution in [2.75, 3.05) is 5.75 Å². The van der Waals surface area contributed by atoms with Crippen LogP contribution < -0.4 is 0 Å².